The number of rotatable bonds is 8. The highest BCUT2D eigenvalue weighted by Gasteiger charge is 2.80. The number of ether oxygens (including phenoxy) is 2. The van der Waals surface area contributed by atoms with E-state index in [2.05, 4.69) is 5.32 Å². The SMILES string of the molecule is CCOC(=O)[C@@H]1[C@H]2C(=O)N(CCCCO)C(C(=O)NC3CCCCC3)C23CC(C)[C@@]1(C)O3. The summed E-state index contributed by atoms with van der Waals surface area (Å²) in [6.45, 7) is 6.32. The van der Waals surface area contributed by atoms with Gasteiger partial charge in [-0.3, -0.25) is 14.4 Å². The first-order chi connectivity index (χ1) is 15.3. The van der Waals surface area contributed by atoms with E-state index in [1.54, 1.807) is 11.8 Å². The molecule has 3 unspecified atom stereocenters. The van der Waals surface area contributed by atoms with Gasteiger partial charge >= 0.3 is 5.97 Å². The van der Waals surface area contributed by atoms with Crippen LogP contribution < -0.4 is 5.32 Å². The molecule has 3 aliphatic heterocycles. The zero-order chi connectivity index (χ0) is 23.1. The van der Waals surface area contributed by atoms with Crippen LogP contribution in [0.15, 0.2) is 0 Å². The summed E-state index contributed by atoms with van der Waals surface area (Å²) in [7, 11) is 0. The van der Waals surface area contributed by atoms with E-state index in [0.29, 0.717) is 25.8 Å². The molecule has 1 spiro atoms. The molecule has 0 radical (unpaired) electrons. The molecule has 8 heteroatoms. The number of hydrogen-bond acceptors (Lipinski definition) is 6. The first kappa shape index (κ1) is 23.5. The van der Waals surface area contributed by atoms with Gasteiger partial charge < -0.3 is 24.8 Å². The van der Waals surface area contributed by atoms with Crippen molar-refractivity contribution in [1.29, 1.82) is 0 Å². The second-order valence-electron chi connectivity index (χ2n) is 10.3. The van der Waals surface area contributed by atoms with E-state index in [-0.39, 0.29) is 37.0 Å². The molecule has 4 aliphatic rings. The predicted octanol–water partition coefficient (Wildman–Crippen LogP) is 1.78. The van der Waals surface area contributed by atoms with E-state index >= 15 is 0 Å². The molecule has 180 valence electrons. The van der Waals surface area contributed by atoms with Crippen LogP contribution in [0.25, 0.3) is 0 Å². The Bertz CT molecular complexity index is 753. The fraction of sp³-hybridized carbons (Fsp3) is 0.875. The van der Waals surface area contributed by atoms with Crippen molar-refractivity contribution >= 4 is 17.8 Å². The van der Waals surface area contributed by atoms with E-state index in [4.69, 9.17) is 9.47 Å². The van der Waals surface area contributed by atoms with Crippen molar-refractivity contribution in [2.75, 3.05) is 19.8 Å². The molecule has 0 aromatic heterocycles. The number of amides is 2. The minimum Gasteiger partial charge on any atom is -0.466 e. The average Bonchev–Trinajstić information content (AvgIpc) is 3.26. The zero-order valence-corrected chi connectivity index (χ0v) is 19.6. The average molecular weight is 451 g/mol. The third kappa shape index (κ3) is 3.54. The van der Waals surface area contributed by atoms with Gasteiger partial charge in [0.2, 0.25) is 11.8 Å². The second kappa shape index (κ2) is 8.93. The van der Waals surface area contributed by atoms with E-state index in [1.807, 2.05) is 13.8 Å². The van der Waals surface area contributed by atoms with E-state index < -0.39 is 35.0 Å². The number of aliphatic hydroxyl groups excluding tert-OH is 1. The highest BCUT2D eigenvalue weighted by atomic mass is 16.6. The van der Waals surface area contributed by atoms with Crippen molar-refractivity contribution in [2.45, 2.75) is 95.4 Å². The van der Waals surface area contributed by atoms with Crippen molar-refractivity contribution in [2.24, 2.45) is 17.8 Å². The lowest BCUT2D eigenvalue weighted by molar-refractivity contribution is -0.161. The molecule has 0 aromatic rings. The van der Waals surface area contributed by atoms with E-state index in [1.165, 1.54) is 6.42 Å². The Morgan fingerprint density at radius 3 is 2.62 bits per heavy atom. The molecule has 2 amide bonds. The number of fused-ring (bicyclic) bond motifs is 1. The number of hydrogen-bond donors (Lipinski definition) is 2. The quantitative estimate of drug-likeness (QED) is 0.431. The molecule has 3 heterocycles. The first-order valence-corrected chi connectivity index (χ1v) is 12.4. The number of carbonyl (C=O) groups excluding carboxylic acids is 3. The normalized spacial score (nSPS) is 38.8. The number of aliphatic hydroxyl groups is 1. The number of nitrogens with one attached hydrogen (secondary N) is 1. The Kier molecular flexibility index (Phi) is 6.56. The van der Waals surface area contributed by atoms with Gasteiger partial charge in [0.15, 0.2) is 0 Å². The van der Waals surface area contributed by atoms with E-state index in [0.717, 1.165) is 25.7 Å². The Labute approximate surface area is 190 Å². The molecule has 0 aromatic carbocycles. The van der Waals surface area contributed by atoms with Crippen LogP contribution in [0.5, 0.6) is 0 Å². The Morgan fingerprint density at radius 1 is 1.25 bits per heavy atom. The van der Waals surface area contributed by atoms with Crippen LogP contribution in [0.2, 0.25) is 0 Å². The van der Waals surface area contributed by atoms with Gasteiger partial charge in [0.25, 0.3) is 0 Å². The van der Waals surface area contributed by atoms with Crippen molar-refractivity contribution in [3.63, 3.8) is 0 Å². The molecule has 2 bridgehead atoms. The summed E-state index contributed by atoms with van der Waals surface area (Å²) in [5, 5.41) is 12.4. The van der Waals surface area contributed by atoms with Gasteiger partial charge in [0.1, 0.15) is 17.6 Å². The lowest BCUT2D eigenvalue weighted by atomic mass is 9.62. The summed E-state index contributed by atoms with van der Waals surface area (Å²) in [4.78, 5) is 42.1. The van der Waals surface area contributed by atoms with Crippen LogP contribution in [0, 0.1) is 17.8 Å². The van der Waals surface area contributed by atoms with Gasteiger partial charge in [-0.05, 0) is 51.9 Å². The molecule has 4 rings (SSSR count). The maximum Gasteiger partial charge on any atom is 0.312 e. The molecule has 1 aliphatic carbocycles. The maximum absolute atomic E-state index is 13.7. The lowest BCUT2D eigenvalue weighted by Crippen LogP contribution is -2.57. The van der Waals surface area contributed by atoms with Crippen LogP contribution in [-0.4, -0.2) is 70.8 Å². The highest BCUT2D eigenvalue weighted by Crippen LogP contribution is 2.65. The van der Waals surface area contributed by atoms with Gasteiger partial charge in [-0.15, -0.1) is 0 Å². The largest absolute Gasteiger partial charge is 0.466 e. The number of unbranched alkanes of at least 4 members (excludes halogenated alkanes) is 1. The predicted molar refractivity (Wildman–Crippen MR) is 116 cm³/mol. The van der Waals surface area contributed by atoms with Crippen LogP contribution >= 0.6 is 0 Å². The lowest BCUT2D eigenvalue weighted by Gasteiger charge is -2.36. The zero-order valence-electron chi connectivity index (χ0n) is 19.6. The Balaban J connectivity index is 1.68. The van der Waals surface area contributed by atoms with Crippen molar-refractivity contribution in [3.8, 4) is 0 Å². The minimum atomic E-state index is -1.01. The third-order valence-electron chi connectivity index (χ3n) is 8.36. The fourth-order valence-corrected chi connectivity index (χ4v) is 6.79. The van der Waals surface area contributed by atoms with Gasteiger partial charge in [-0.2, -0.15) is 0 Å². The van der Waals surface area contributed by atoms with Crippen LogP contribution in [0.1, 0.15) is 72.1 Å². The number of esters is 1. The highest BCUT2D eigenvalue weighted by molar-refractivity contribution is 5.98. The molecular formula is C24H38N2O6. The molecule has 2 N–H and O–H groups in total. The summed E-state index contributed by atoms with van der Waals surface area (Å²) in [5.41, 5.74) is -1.84. The van der Waals surface area contributed by atoms with E-state index in [9.17, 15) is 19.5 Å². The first-order valence-electron chi connectivity index (χ1n) is 12.4. The van der Waals surface area contributed by atoms with Gasteiger partial charge in [0, 0.05) is 19.2 Å². The van der Waals surface area contributed by atoms with Gasteiger partial charge in [-0.1, -0.05) is 26.2 Å². The van der Waals surface area contributed by atoms with Crippen LogP contribution in [-0.2, 0) is 23.9 Å². The van der Waals surface area contributed by atoms with Gasteiger partial charge in [-0.25, -0.2) is 0 Å². The number of nitrogens with zero attached hydrogens (tertiary/aromatic N) is 1. The molecule has 6 atom stereocenters. The maximum atomic E-state index is 13.7. The number of likely N-dealkylation sites (tertiary alicyclic amines) is 1. The molecule has 3 saturated heterocycles. The van der Waals surface area contributed by atoms with Gasteiger partial charge in [0.05, 0.1) is 18.1 Å². The minimum absolute atomic E-state index is 0.0170. The Morgan fingerprint density at radius 2 is 1.97 bits per heavy atom. The van der Waals surface area contributed by atoms with Crippen LogP contribution in [0.4, 0.5) is 0 Å². The summed E-state index contributed by atoms with van der Waals surface area (Å²) < 4.78 is 12.0. The smallest absolute Gasteiger partial charge is 0.312 e. The summed E-state index contributed by atoms with van der Waals surface area (Å²) in [6, 6.07) is -0.641. The molecule has 32 heavy (non-hydrogen) atoms. The topological polar surface area (TPSA) is 105 Å². The molecular weight excluding hydrogens is 412 g/mol. The monoisotopic (exact) mass is 450 g/mol. The molecule has 4 fully saturated rings. The number of carbonyl (C=O) groups is 3. The summed E-state index contributed by atoms with van der Waals surface area (Å²) in [5.74, 6) is -2.18. The summed E-state index contributed by atoms with van der Waals surface area (Å²) >= 11 is 0. The summed E-state index contributed by atoms with van der Waals surface area (Å²) in [6.07, 6.45) is 6.99. The van der Waals surface area contributed by atoms with Crippen LogP contribution in [0.3, 0.4) is 0 Å². The Hall–Kier alpha value is -1.67. The standard InChI is InChI=1S/C24H38N2O6/c1-4-31-22(30)18-17-21(29)26(12-8-9-13-27)19(20(28)25-16-10-6-5-7-11-16)24(17)14-15(2)23(18,3)32-24/h15-19,27H,4-14H2,1-3H3,(H,25,28)/t15?,17-,18-,19?,23+,24?/m0/s1. The van der Waals surface area contributed by atoms with Crippen molar-refractivity contribution in [1.82, 2.24) is 10.2 Å². The van der Waals surface area contributed by atoms with Crippen molar-refractivity contribution in [3.05, 3.63) is 0 Å². The molecule has 8 nitrogen and oxygen atoms in total. The fourth-order valence-electron chi connectivity index (χ4n) is 6.79. The van der Waals surface area contributed by atoms with Crippen molar-refractivity contribution < 1.29 is 29.0 Å². The molecule has 1 saturated carbocycles. The third-order valence-corrected chi connectivity index (χ3v) is 8.36. The second-order valence-corrected chi connectivity index (χ2v) is 10.3.